The predicted molar refractivity (Wildman–Crippen MR) is 84.7 cm³/mol. The zero-order chi connectivity index (χ0) is 15.1. The molecule has 0 unspecified atom stereocenters. The minimum atomic E-state index is -0.128. The number of anilines is 1. The van der Waals surface area contributed by atoms with E-state index in [9.17, 15) is 4.79 Å². The lowest BCUT2D eigenvalue weighted by atomic mass is 9.89. The lowest BCUT2D eigenvalue weighted by Gasteiger charge is -2.18. The molecule has 1 atom stereocenters. The Morgan fingerprint density at radius 3 is 2.81 bits per heavy atom. The second-order valence-electron chi connectivity index (χ2n) is 5.50. The molecular formula is C16H23N3O2. The number of rotatable bonds is 5. The minimum absolute atomic E-state index is 0.128. The molecule has 2 N–H and O–H groups in total. The van der Waals surface area contributed by atoms with Crippen molar-refractivity contribution in [2.24, 2.45) is 11.0 Å². The zero-order valence-electron chi connectivity index (χ0n) is 12.7. The van der Waals surface area contributed by atoms with Crippen LogP contribution in [0.15, 0.2) is 29.4 Å². The molecule has 1 aromatic rings. The number of ether oxygens (including phenoxy) is 1. The van der Waals surface area contributed by atoms with E-state index >= 15 is 0 Å². The van der Waals surface area contributed by atoms with Gasteiger partial charge in [-0.15, -0.1) is 0 Å². The van der Waals surface area contributed by atoms with Crippen LogP contribution in [-0.4, -0.2) is 25.3 Å². The number of nitrogens with zero attached hydrogens (tertiary/aromatic N) is 1. The largest absolute Gasteiger partial charge is 0.497 e. The molecule has 1 aliphatic rings. The fourth-order valence-electron chi connectivity index (χ4n) is 2.43. The molecule has 0 spiro atoms. The number of benzene rings is 1. The molecule has 0 bridgehead atoms. The number of hydrogen-bond donors (Lipinski definition) is 2. The van der Waals surface area contributed by atoms with Crippen LogP contribution in [-0.2, 0) is 4.79 Å². The van der Waals surface area contributed by atoms with Crippen molar-refractivity contribution in [2.75, 3.05) is 19.0 Å². The smallest absolute Gasteiger partial charge is 0.259 e. The Bertz CT molecular complexity index is 497. The molecule has 1 saturated carbocycles. The van der Waals surface area contributed by atoms with Crippen molar-refractivity contribution in [1.29, 1.82) is 0 Å². The van der Waals surface area contributed by atoms with E-state index in [1.807, 2.05) is 24.3 Å². The highest BCUT2D eigenvalue weighted by Gasteiger charge is 2.14. The Morgan fingerprint density at radius 1 is 1.38 bits per heavy atom. The van der Waals surface area contributed by atoms with E-state index in [1.165, 1.54) is 12.8 Å². The molecule has 0 aromatic heterocycles. The SMILES string of the molecule is COc1ccc(NCC(=O)NN=C2CCC[C@@H](C)C2)cc1. The van der Waals surface area contributed by atoms with Crippen LogP contribution in [0.2, 0.25) is 0 Å². The van der Waals surface area contributed by atoms with E-state index in [0.29, 0.717) is 5.92 Å². The van der Waals surface area contributed by atoms with Gasteiger partial charge in [0.1, 0.15) is 5.75 Å². The van der Waals surface area contributed by atoms with Gasteiger partial charge in [0.2, 0.25) is 0 Å². The fraction of sp³-hybridized carbons (Fsp3) is 0.500. The highest BCUT2D eigenvalue weighted by molar-refractivity contribution is 5.87. The third-order valence-corrected chi connectivity index (χ3v) is 3.63. The van der Waals surface area contributed by atoms with Gasteiger partial charge in [0, 0.05) is 11.4 Å². The molecule has 0 aliphatic heterocycles. The maximum atomic E-state index is 11.8. The van der Waals surface area contributed by atoms with Gasteiger partial charge in [-0.3, -0.25) is 4.79 Å². The van der Waals surface area contributed by atoms with Crippen molar-refractivity contribution in [1.82, 2.24) is 5.43 Å². The van der Waals surface area contributed by atoms with Gasteiger partial charge in [-0.25, -0.2) is 5.43 Å². The molecule has 21 heavy (non-hydrogen) atoms. The van der Waals surface area contributed by atoms with E-state index in [4.69, 9.17) is 4.74 Å². The third kappa shape index (κ3) is 5.10. The Kier molecular flexibility index (Phi) is 5.60. The van der Waals surface area contributed by atoms with Crippen LogP contribution in [0.5, 0.6) is 5.75 Å². The van der Waals surface area contributed by atoms with Crippen molar-refractivity contribution < 1.29 is 9.53 Å². The van der Waals surface area contributed by atoms with Crippen molar-refractivity contribution in [3.05, 3.63) is 24.3 Å². The molecule has 1 aliphatic carbocycles. The van der Waals surface area contributed by atoms with Gasteiger partial charge >= 0.3 is 0 Å². The summed E-state index contributed by atoms with van der Waals surface area (Å²) in [5, 5.41) is 7.29. The van der Waals surface area contributed by atoms with Crippen molar-refractivity contribution in [3.63, 3.8) is 0 Å². The van der Waals surface area contributed by atoms with Gasteiger partial charge in [0.15, 0.2) is 0 Å². The second kappa shape index (κ2) is 7.67. The third-order valence-electron chi connectivity index (χ3n) is 3.63. The summed E-state index contributed by atoms with van der Waals surface area (Å²) in [6.07, 6.45) is 4.41. The summed E-state index contributed by atoms with van der Waals surface area (Å²) < 4.78 is 5.08. The van der Waals surface area contributed by atoms with E-state index in [0.717, 1.165) is 30.0 Å². The molecule has 0 saturated heterocycles. The standard InChI is InChI=1S/C16H23N3O2/c1-12-4-3-5-14(10-12)18-19-16(20)11-17-13-6-8-15(21-2)9-7-13/h6-9,12,17H,3-5,10-11H2,1-2H3,(H,19,20)/t12-/m1/s1. The highest BCUT2D eigenvalue weighted by Crippen LogP contribution is 2.20. The van der Waals surface area contributed by atoms with Gasteiger partial charge in [0.05, 0.1) is 13.7 Å². The minimum Gasteiger partial charge on any atom is -0.497 e. The lowest BCUT2D eigenvalue weighted by Crippen LogP contribution is -2.27. The lowest BCUT2D eigenvalue weighted by molar-refractivity contribution is -0.119. The summed E-state index contributed by atoms with van der Waals surface area (Å²) in [5.41, 5.74) is 4.61. The predicted octanol–water partition coefficient (Wildman–Crippen LogP) is 2.79. The quantitative estimate of drug-likeness (QED) is 0.819. The number of hydrogen-bond acceptors (Lipinski definition) is 4. The van der Waals surface area contributed by atoms with Crippen LogP contribution in [0.25, 0.3) is 0 Å². The Labute approximate surface area is 125 Å². The van der Waals surface area contributed by atoms with E-state index < -0.39 is 0 Å². The number of amides is 1. The Hall–Kier alpha value is -2.04. The number of carbonyl (C=O) groups excluding carboxylic acids is 1. The summed E-state index contributed by atoms with van der Waals surface area (Å²) in [7, 11) is 1.63. The highest BCUT2D eigenvalue weighted by atomic mass is 16.5. The number of hydrazone groups is 1. The molecule has 1 amide bonds. The first-order valence-electron chi connectivity index (χ1n) is 7.39. The summed E-state index contributed by atoms with van der Waals surface area (Å²) in [4.78, 5) is 11.8. The summed E-state index contributed by atoms with van der Waals surface area (Å²) >= 11 is 0. The molecule has 2 rings (SSSR count). The van der Waals surface area contributed by atoms with Crippen molar-refractivity contribution >= 4 is 17.3 Å². The van der Waals surface area contributed by atoms with E-state index in [2.05, 4.69) is 22.8 Å². The van der Waals surface area contributed by atoms with Gasteiger partial charge in [-0.1, -0.05) is 6.92 Å². The van der Waals surface area contributed by atoms with Crippen molar-refractivity contribution in [2.45, 2.75) is 32.6 Å². The topological polar surface area (TPSA) is 62.7 Å². The first kappa shape index (κ1) is 15.4. The van der Waals surface area contributed by atoms with Gasteiger partial charge in [-0.05, 0) is 55.9 Å². The fourth-order valence-corrected chi connectivity index (χ4v) is 2.43. The summed E-state index contributed by atoms with van der Waals surface area (Å²) in [6.45, 7) is 2.43. The van der Waals surface area contributed by atoms with Gasteiger partial charge in [0.25, 0.3) is 5.91 Å². The molecule has 1 aromatic carbocycles. The van der Waals surface area contributed by atoms with Crippen LogP contribution in [0.3, 0.4) is 0 Å². The monoisotopic (exact) mass is 289 g/mol. The summed E-state index contributed by atoms with van der Waals surface area (Å²) in [6, 6.07) is 7.45. The maximum absolute atomic E-state index is 11.8. The Morgan fingerprint density at radius 2 is 2.14 bits per heavy atom. The second-order valence-corrected chi connectivity index (χ2v) is 5.50. The first-order chi connectivity index (χ1) is 10.2. The number of nitrogens with one attached hydrogen (secondary N) is 2. The molecule has 0 heterocycles. The van der Waals surface area contributed by atoms with Gasteiger partial charge < -0.3 is 10.1 Å². The van der Waals surface area contributed by atoms with E-state index in [-0.39, 0.29) is 12.5 Å². The van der Waals surface area contributed by atoms with Crippen LogP contribution >= 0.6 is 0 Å². The average Bonchev–Trinajstić information content (AvgIpc) is 2.51. The molecule has 5 heteroatoms. The van der Waals surface area contributed by atoms with Crippen LogP contribution < -0.4 is 15.5 Å². The molecule has 5 nitrogen and oxygen atoms in total. The Balaban J connectivity index is 1.75. The molecule has 0 radical (unpaired) electrons. The molecule has 1 fully saturated rings. The first-order valence-corrected chi connectivity index (χ1v) is 7.39. The summed E-state index contributed by atoms with van der Waals surface area (Å²) in [5.74, 6) is 1.34. The molecular weight excluding hydrogens is 266 g/mol. The van der Waals surface area contributed by atoms with Crippen LogP contribution in [0, 0.1) is 5.92 Å². The van der Waals surface area contributed by atoms with Crippen LogP contribution in [0.1, 0.15) is 32.6 Å². The average molecular weight is 289 g/mol. The van der Waals surface area contributed by atoms with Gasteiger partial charge in [-0.2, -0.15) is 5.10 Å². The maximum Gasteiger partial charge on any atom is 0.259 e. The van der Waals surface area contributed by atoms with Crippen LogP contribution in [0.4, 0.5) is 5.69 Å². The van der Waals surface area contributed by atoms with Crippen molar-refractivity contribution in [3.8, 4) is 5.75 Å². The zero-order valence-corrected chi connectivity index (χ0v) is 12.7. The number of methoxy groups -OCH3 is 1. The number of carbonyl (C=O) groups is 1. The van der Waals surface area contributed by atoms with E-state index in [1.54, 1.807) is 7.11 Å². The molecule has 114 valence electrons. The normalized spacial score (nSPS) is 20.1.